The lowest BCUT2D eigenvalue weighted by Gasteiger charge is -2.38. The Morgan fingerprint density at radius 1 is 1.38 bits per heavy atom. The summed E-state index contributed by atoms with van der Waals surface area (Å²) in [5.74, 6) is 0. The summed E-state index contributed by atoms with van der Waals surface area (Å²) in [4.78, 5) is 0.962. The molecule has 1 aliphatic rings. The van der Waals surface area contributed by atoms with E-state index in [0.29, 0.717) is 0 Å². The zero-order valence-corrected chi connectivity index (χ0v) is 8.64. The van der Waals surface area contributed by atoms with E-state index in [9.17, 15) is 5.11 Å². The van der Waals surface area contributed by atoms with Crippen molar-refractivity contribution in [3.8, 4) is 0 Å². The van der Waals surface area contributed by atoms with Crippen molar-refractivity contribution in [2.75, 3.05) is 0 Å². The second-order valence-electron chi connectivity index (χ2n) is 3.88. The number of rotatable bonds is 1. The summed E-state index contributed by atoms with van der Waals surface area (Å²) in [6, 6.07) is 5.95. The Kier molecular flexibility index (Phi) is 2.12. The molecule has 0 atom stereocenters. The second kappa shape index (κ2) is 3.03. The molecule has 70 valence electrons. The van der Waals surface area contributed by atoms with Gasteiger partial charge in [0, 0.05) is 4.90 Å². The molecule has 1 nitrogen and oxygen atoms in total. The molecule has 0 bridgehead atoms. The highest BCUT2D eigenvalue weighted by Crippen LogP contribution is 2.42. The highest BCUT2D eigenvalue weighted by molar-refractivity contribution is 7.80. The minimum atomic E-state index is -0.536. The van der Waals surface area contributed by atoms with Crippen molar-refractivity contribution in [3.63, 3.8) is 0 Å². The molecule has 0 spiro atoms. The standard InChI is InChI=1S/C11H14OS/c1-8-7-9(13)3-4-10(8)11(12)5-2-6-11/h3-4,7,12-13H,2,5-6H2,1H3. The molecule has 1 fully saturated rings. The molecule has 1 aromatic rings. The summed E-state index contributed by atoms with van der Waals surface area (Å²) in [5, 5.41) is 10.1. The lowest BCUT2D eigenvalue weighted by molar-refractivity contribution is -0.0393. The van der Waals surface area contributed by atoms with Gasteiger partial charge in [-0.05, 0) is 49.4 Å². The van der Waals surface area contributed by atoms with Crippen LogP contribution in [0.1, 0.15) is 30.4 Å². The zero-order valence-electron chi connectivity index (χ0n) is 7.75. The van der Waals surface area contributed by atoms with Gasteiger partial charge in [0.2, 0.25) is 0 Å². The third-order valence-electron chi connectivity index (χ3n) is 2.89. The third-order valence-corrected chi connectivity index (χ3v) is 3.17. The first-order valence-electron chi connectivity index (χ1n) is 4.64. The van der Waals surface area contributed by atoms with Crippen LogP contribution in [0.15, 0.2) is 23.1 Å². The fourth-order valence-electron chi connectivity index (χ4n) is 1.95. The maximum Gasteiger partial charge on any atom is 0.0899 e. The van der Waals surface area contributed by atoms with Gasteiger partial charge in [0.05, 0.1) is 5.60 Å². The zero-order chi connectivity index (χ0) is 9.47. The quantitative estimate of drug-likeness (QED) is 0.659. The number of hydrogen-bond acceptors (Lipinski definition) is 2. The first-order valence-corrected chi connectivity index (χ1v) is 5.09. The minimum absolute atomic E-state index is 0.536. The van der Waals surface area contributed by atoms with Crippen LogP contribution in [0.2, 0.25) is 0 Å². The molecule has 0 saturated heterocycles. The van der Waals surface area contributed by atoms with E-state index in [-0.39, 0.29) is 0 Å². The van der Waals surface area contributed by atoms with Crippen molar-refractivity contribution >= 4 is 12.6 Å². The largest absolute Gasteiger partial charge is 0.385 e. The van der Waals surface area contributed by atoms with Crippen LogP contribution >= 0.6 is 12.6 Å². The monoisotopic (exact) mass is 194 g/mol. The van der Waals surface area contributed by atoms with Crippen LogP contribution in [-0.2, 0) is 5.60 Å². The maximum atomic E-state index is 10.1. The molecule has 0 unspecified atom stereocenters. The molecule has 0 heterocycles. The number of aliphatic hydroxyl groups is 1. The van der Waals surface area contributed by atoms with E-state index < -0.39 is 5.60 Å². The predicted molar refractivity (Wildman–Crippen MR) is 56.2 cm³/mol. The van der Waals surface area contributed by atoms with Gasteiger partial charge in [-0.2, -0.15) is 0 Å². The Morgan fingerprint density at radius 2 is 2.08 bits per heavy atom. The van der Waals surface area contributed by atoms with Crippen LogP contribution in [0.5, 0.6) is 0 Å². The van der Waals surface area contributed by atoms with Crippen molar-refractivity contribution in [1.82, 2.24) is 0 Å². The molecule has 2 rings (SSSR count). The number of aryl methyl sites for hydroxylation is 1. The fraction of sp³-hybridized carbons (Fsp3) is 0.455. The van der Waals surface area contributed by atoms with Gasteiger partial charge in [0.1, 0.15) is 0 Å². The third kappa shape index (κ3) is 1.49. The van der Waals surface area contributed by atoms with Crippen LogP contribution in [0.3, 0.4) is 0 Å². The maximum absolute atomic E-state index is 10.1. The van der Waals surface area contributed by atoms with E-state index in [2.05, 4.69) is 12.6 Å². The van der Waals surface area contributed by atoms with Crippen LogP contribution in [0.4, 0.5) is 0 Å². The molecule has 0 radical (unpaired) electrons. The Labute approximate surface area is 84.2 Å². The van der Waals surface area contributed by atoms with Crippen LogP contribution in [-0.4, -0.2) is 5.11 Å². The van der Waals surface area contributed by atoms with Gasteiger partial charge in [0.15, 0.2) is 0 Å². The number of thiol groups is 1. The summed E-state index contributed by atoms with van der Waals surface area (Å²) < 4.78 is 0. The lowest BCUT2D eigenvalue weighted by atomic mass is 9.74. The van der Waals surface area contributed by atoms with Gasteiger partial charge in [-0.3, -0.25) is 0 Å². The second-order valence-corrected chi connectivity index (χ2v) is 4.40. The number of hydrogen-bond donors (Lipinski definition) is 2. The van der Waals surface area contributed by atoms with Gasteiger partial charge < -0.3 is 5.11 Å². The predicted octanol–water partition coefficient (Wildman–Crippen LogP) is 2.66. The SMILES string of the molecule is Cc1cc(S)ccc1C1(O)CCC1. The fourth-order valence-corrected chi connectivity index (χ4v) is 2.22. The van der Waals surface area contributed by atoms with Gasteiger partial charge in [0.25, 0.3) is 0 Å². The van der Waals surface area contributed by atoms with Crippen molar-refractivity contribution in [1.29, 1.82) is 0 Å². The first kappa shape index (κ1) is 9.10. The molecule has 0 aromatic heterocycles. The van der Waals surface area contributed by atoms with Gasteiger partial charge in [-0.1, -0.05) is 6.07 Å². The Balaban J connectivity index is 2.40. The molecule has 1 N–H and O–H groups in total. The summed E-state index contributed by atoms with van der Waals surface area (Å²) >= 11 is 4.26. The van der Waals surface area contributed by atoms with E-state index in [1.165, 1.54) is 0 Å². The molecular weight excluding hydrogens is 180 g/mol. The highest BCUT2D eigenvalue weighted by atomic mass is 32.1. The van der Waals surface area contributed by atoms with Crippen LogP contribution in [0.25, 0.3) is 0 Å². The van der Waals surface area contributed by atoms with E-state index >= 15 is 0 Å². The summed E-state index contributed by atoms with van der Waals surface area (Å²) in [6.07, 6.45) is 2.94. The molecular formula is C11H14OS. The van der Waals surface area contributed by atoms with E-state index in [4.69, 9.17) is 0 Å². The van der Waals surface area contributed by atoms with Crippen molar-refractivity contribution in [2.45, 2.75) is 36.7 Å². The van der Waals surface area contributed by atoms with Gasteiger partial charge >= 0.3 is 0 Å². The van der Waals surface area contributed by atoms with E-state index in [1.54, 1.807) is 0 Å². The molecule has 1 aromatic carbocycles. The van der Waals surface area contributed by atoms with Crippen LogP contribution < -0.4 is 0 Å². The summed E-state index contributed by atoms with van der Waals surface area (Å²) in [7, 11) is 0. The van der Waals surface area contributed by atoms with Crippen molar-refractivity contribution < 1.29 is 5.11 Å². The van der Waals surface area contributed by atoms with E-state index in [1.807, 2.05) is 25.1 Å². The van der Waals surface area contributed by atoms with Gasteiger partial charge in [-0.15, -0.1) is 12.6 Å². The normalized spacial score (nSPS) is 19.6. The highest BCUT2D eigenvalue weighted by Gasteiger charge is 2.36. The smallest absolute Gasteiger partial charge is 0.0899 e. The topological polar surface area (TPSA) is 20.2 Å². The number of benzene rings is 1. The molecule has 0 aliphatic heterocycles. The summed E-state index contributed by atoms with van der Waals surface area (Å²) in [5.41, 5.74) is 1.69. The molecule has 13 heavy (non-hydrogen) atoms. The molecule has 0 amide bonds. The average Bonchev–Trinajstić information content (AvgIpc) is 2.00. The molecule has 1 saturated carbocycles. The first-order chi connectivity index (χ1) is 6.12. The van der Waals surface area contributed by atoms with Gasteiger partial charge in [-0.25, -0.2) is 0 Å². The minimum Gasteiger partial charge on any atom is -0.385 e. The molecule has 2 heteroatoms. The van der Waals surface area contributed by atoms with Crippen LogP contribution in [0, 0.1) is 6.92 Å². The Hall–Kier alpha value is -0.470. The summed E-state index contributed by atoms with van der Waals surface area (Å²) in [6.45, 7) is 2.03. The van der Waals surface area contributed by atoms with Crippen molar-refractivity contribution in [3.05, 3.63) is 29.3 Å². The van der Waals surface area contributed by atoms with E-state index in [0.717, 1.165) is 35.3 Å². The Morgan fingerprint density at radius 3 is 2.54 bits per heavy atom. The van der Waals surface area contributed by atoms with Crippen molar-refractivity contribution in [2.24, 2.45) is 0 Å². The Bertz CT molecular complexity index is 329. The average molecular weight is 194 g/mol. The molecule has 1 aliphatic carbocycles. The lowest BCUT2D eigenvalue weighted by Crippen LogP contribution is -2.34.